The highest BCUT2D eigenvalue weighted by Crippen LogP contribution is 2.34. The van der Waals surface area contributed by atoms with Crippen molar-refractivity contribution in [2.75, 3.05) is 19.6 Å². The molecule has 6 aromatic rings. The van der Waals surface area contributed by atoms with Gasteiger partial charge in [0.1, 0.15) is 0 Å². The molecule has 0 bridgehead atoms. The summed E-state index contributed by atoms with van der Waals surface area (Å²) < 4.78 is 1.84. The zero-order valence-electron chi connectivity index (χ0n) is 24.9. The van der Waals surface area contributed by atoms with Crippen molar-refractivity contribution in [1.82, 2.24) is 34.8 Å². The molecule has 5 heterocycles. The first kappa shape index (κ1) is 27.9. The second-order valence-electron chi connectivity index (χ2n) is 11.6. The summed E-state index contributed by atoms with van der Waals surface area (Å²) in [5.74, 6) is 0.256. The van der Waals surface area contributed by atoms with Gasteiger partial charge in [-0.15, -0.1) is 0 Å². The molecule has 4 aromatic heterocycles. The number of nitrogens with one attached hydrogen (secondary N) is 1. The van der Waals surface area contributed by atoms with Gasteiger partial charge in [-0.3, -0.25) is 14.7 Å². The van der Waals surface area contributed by atoms with Gasteiger partial charge in [-0.2, -0.15) is 9.61 Å². The van der Waals surface area contributed by atoms with Gasteiger partial charge in [-0.05, 0) is 68.1 Å². The standard InChI is InChI=1S/C36H35N7O/c1-25-20-33-39-23-31-21-32(28-7-3-2-4-8-28)34(40-35(31)43(33)41-25)29-11-9-27(10-12-29)24-42-18-14-30(15-19-42)36(44)38-17-13-26-6-5-16-37-22-26/h2-12,16,20-23,30H,13-15,17-19,24H2,1H3,(H,38,44). The lowest BCUT2D eigenvalue weighted by Crippen LogP contribution is -2.40. The molecule has 0 atom stereocenters. The molecule has 7 rings (SSSR count). The quantitative estimate of drug-likeness (QED) is 0.241. The molecule has 1 aliphatic heterocycles. The Morgan fingerprint density at radius 2 is 1.73 bits per heavy atom. The number of hydrogen-bond acceptors (Lipinski definition) is 6. The molecule has 8 nitrogen and oxygen atoms in total. The second-order valence-corrected chi connectivity index (χ2v) is 11.6. The molecule has 8 heteroatoms. The molecule has 1 N–H and O–H groups in total. The van der Waals surface area contributed by atoms with E-state index in [9.17, 15) is 4.79 Å². The highest BCUT2D eigenvalue weighted by molar-refractivity contribution is 5.90. The lowest BCUT2D eigenvalue weighted by Gasteiger charge is -2.31. The number of carbonyl (C=O) groups excluding carboxylic acids is 1. The van der Waals surface area contributed by atoms with Gasteiger partial charge < -0.3 is 5.32 Å². The zero-order chi connectivity index (χ0) is 29.9. The van der Waals surface area contributed by atoms with Gasteiger partial charge in [-0.1, -0.05) is 60.7 Å². The predicted octanol–water partition coefficient (Wildman–Crippen LogP) is 5.89. The summed E-state index contributed by atoms with van der Waals surface area (Å²) in [6.45, 7) is 5.32. The van der Waals surface area contributed by atoms with Crippen LogP contribution in [0.3, 0.4) is 0 Å². The Balaban J connectivity index is 1.04. The van der Waals surface area contributed by atoms with E-state index in [0.717, 1.165) is 89.2 Å². The van der Waals surface area contributed by atoms with E-state index in [1.807, 2.05) is 48.1 Å². The first-order valence-electron chi connectivity index (χ1n) is 15.3. The first-order valence-corrected chi connectivity index (χ1v) is 15.3. The normalized spacial score (nSPS) is 14.3. The Bertz CT molecular complexity index is 1890. The molecule has 0 saturated carbocycles. The minimum Gasteiger partial charge on any atom is -0.356 e. The van der Waals surface area contributed by atoms with E-state index >= 15 is 0 Å². The number of likely N-dealkylation sites (tertiary alicyclic amines) is 1. The molecule has 0 radical (unpaired) electrons. The molecule has 1 fully saturated rings. The molecule has 2 aromatic carbocycles. The van der Waals surface area contributed by atoms with E-state index in [-0.39, 0.29) is 11.8 Å². The zero-order valence-corrected chi connectivity index (χ0v) is 24.9. The minimum atomic E-state index is 0.0816. The lowest BCUT2D eigenvalue weighted by molar-refractivity contribution is -0.126. The van der Waals surface area contributed by atoms with Crippen LogP contribution >= 0.6 is 0 Å². The minimum absolute atomic E-state index is 0.0816. The van der Waals surface area contributed by atoms with Gasteiger partial charge in [0, 0.05) is 60.2 Å². The number of aromatic nitrogens is 5. The van der Waals surface area contributed by atoms with Gasteiger partial charge >= 0.3 is 0 Å². The number of aryl methyl sites for hydroxylation is 1. The van der Waals surface area contributed by atoms with Crippen LogP contribution in [0, 0.1) is 12.8 Å². The van der Waals surface area contributed by atoms with Gasteiger partial charge in [0.05, 0.1) is 11.4 Å². The van der Waals surface area contributed by atoms with Gasteiger partial charge in [0.15, 0.2) is 11.3 Å². The Kier molecular flexibility index (Phi) is 7.81. The fourth-order valence-electron chi connectivity index (χ4n) is 6.11. The highest BCUT2D eigenvalue weighted by Gasteiger charge is 2.25. The smallest absolute Gasteiger partial charge is 0.223 e. The number of fused-ring (bicyclic) bond motifs is 3. The molecule has 1 aliphatic rings. The summed E-state index contributed by atoms with van der Waals surface area (Å²) in [5, 5.41) is 8.73. The van der Waals surface area contributed by atoms with Crippen LogP contribution < -0.4 is 5.32 Å². The summed E-state index contributed by atoms with van der Waals surface area (Å²) in [7, 11) is 0. The maximum absolute atomic E-state index is 12.8. The van der Waals surface area contributed by atoms with E-state index in [1.165, 1.54) is 5.56 Å². The SMILES string of the molecule is Cc1cc2ncc3cc(-c4ccccc4)c(-c4ccc(CN5CCC(C(=O)NCCc6cccnc6)CC5)cc4)nc3n2n1. The summed E-state index contributed by atoms with van der Waals surface area (Å²) in [6, 6.07) is 27.2. The van der Waals surface area contributed by atoms with Crippen LogP contribution in [-0.4, -0.2) is 55.0 Å². The fraction of sp³-hybridized carbons (Fsp3) is 0.250. The molecule has 44 heavy (non-hydrogen) atoms. The fourth-order valence-corrected chi connectivity index (χ4v) is 6.11. The number of hydrogen-bond donors (Lipinski definition) is 1. The average Bonchev–Trinajstić information content (AvgIpc) is 3.46. The monoisotopic (exact) mass is 581 g/mol. The predicted molar refractivity (Wildman–Crippen MR) is 173 cm³/mol. The number of piperidine rings is 1. The Morgan fingerprint density at radius 3 is 2.50 bits per heavy atom. The molecular formula is C36H35N7O. The topological polar surface area (TPSA) is 88.3 Å². The number of benzene rings is 2. The van der Waals surface area contributed by atoms with Crippen molar-refractivity contribution < 1.29 is 4.79 Å². The molecule has 1 saturated heterocycles. The van der Waals surface area contributed by atoms with E-state index in [4.69, 9.17) is 4.98 Å². The van der Waals surface area contributed by atoms with Crippen LogP contribution in [-0.2, 0) is 17.8 Å². The Labute approximate surface area is 256 Å². The van der Waals surface area contributed by atoms with Gasteiger partial charge in [0.2, 0.25) is 5.91 Å². The maximum atomic E-state index is 12.8. The lowest BCUT2D eigenvalue weighted by atomic mass is 9.95. The highest BCUT2D eigenvalue weighted by atomic mass is 16.1. The number of pyridine rings is 2. The largest absolute Gasteiger partial charge is 0.356 e. The Hall–Kier alpha value is -4.95. The van der Waals surface area contributed by atoms with Crippen LogP contribution in [0.25, 0.3) is 39.1 Å². The van der Waals surface area contributed by atoms with Crippen molar-refractivity contribution in [2.24, 2.45) is 5.92 Å². The van der Waals surface area contributed by atoms with E-state index < -0.39 is 0 Å². The number of rotatable bonds is 8. The van der Waals surface area contributed by atoms with Crippen molar-refractivity contribution in [2.45, 2.75) is 32.7 Å². The third kappa shape index (κ3) is 5.94. The van der Waals surface area contributed by atoms with Gasteiger partial charge in [-0.25, -0.2) is 9.97 Å². The third-order valence-electron chi connectivity index (χ3n) is 8.49. The molecule has 0 spiro atoms. The summed E-state index contributed by atoms with van der Waals surface area (Å²) in [4.78, 5) is 29.1. The Morgan fingerprint density at radius 1 is 0.909 bits per heavy atom. The van der Waals surface area contributed by atoms with Crippen LogP contribution in [0.5, 0.6) is 0 Å². The van der Waals surface area contributed by atoms with Crippen molar-refractivity contribution in [1.29, 1.82) is 0 Å². The van der Waals surface area contributed by atoms with Crippen LogP contribution in [0.2, 0.25) is 0 Å². The van der Waals surface area contributed by atoms with Gasteiger partial charge in [0.25, 0.3) is 0 Å². The van der Waals surface area contributed by atoms with Crippen LogP contribution in [0.1, 0.15) is 29.7 Å². The van der Waals surface area contributed by atoms with Crippen molar-refractivity contribution >= 4 is 22.6 Å². The first-order chi connectivity index (χ1) is 21.6. The molecule has 220 valence electrons. The molecule has 1 amide bonds. The summed E-state index contributed by atoms with van der Waals surface area (Å²) >= 11 is 0. The van der Waals surface area contributed by atoms with E-state index in [2.05, 4.69) is 79.9 Å². The second kappa shape index (κ2) is 12.3. The molecule has 0 aliphatic carbocycles. The van der Waals surface area contributed by atoms with Crippen molar-refractivity contribution in [3.05, 3.63) is 114 Å². The number of nitrogens with zero attached hydrogens (tertiary/aromatic N) is 6. The molecule has 0 unspecified atom stereocenters. The molecular weight excluding hydrogens is 546 g/mol. The van der Waals surface area contributed by atoms with Crippen molar-refractivity contribution in [3.8, 4) is 22.4 Å². The summed E-state index contributed by atoms with van der Waals surface area (Å²) in [6.07, 6.45) is 8.08. The van der Waals surface area contributed by atoms with E-state index in [1.54, 1.807) is 6.20 Å². The number of amides is 1. The average molecular weight is 582 g/mol. The summed E-state index contributed by atoms with van der Waals surface area (Å²) in [5.41, 5.74) is 9.06. The van der Waals surface area contributed by atoms with E-state index in [0.29, 0.717) is 6.54 Å². The third-order valence-corrected chi connectivity index (χ3v) is 8.49. The van der Waals surface area contributed by atoms with Crippen molar-refractivity contribution in [3.63, 3.8) is 0 Å². The number of carbonyl (C=O) groups is 1. The van der Waals surface area contributed by atoms with Crippen LogP contribution in [0.15, 0.2) is 97.5 Å². The maximum Gasteiger partial charge on any atom is 0.223 e. The van der Waals surface area contributed by atoms with Crippen LogP contribution in [0.4, 0.5) is 0 Å².